The van der Waals surface area contributed by atoms with Crippen LogP contribution < -0.4 is 5.32 Å². The Hall–Kier alpha value is -0.570. The van der Waals surface area contributed by atoms with Gasteiger partial charge in [-0.3, -0.25) is 4.79 Å². The van der Waals surface area contributed by atoms with E-state index >= 15 is 0 Å². The third-order valence-electron chi connectivity index (χ3n) is 2.89. The van der Waals surface area contributed by atoms with Crippen LogP contribution in [0.3, 0.4) is 0 Å². The summed E-state index contributed by atoms with van der Waals surface area (Å²) in [5.74, 6) is 0.880. The van der Waals surface area contributed by atoms with Gasteiger partial charge >= 0.3 is 0 Å². The summed E-state index contributed by atoms with van der Waals surface area (Å²) in [5, 5.41) is 3.04. The molecule has 1 amide bonds. The number of carbonyl (C=O) groups excluding carboxylic acids is 1. The van der Waals surface area contributed by atoms with Gasteiger partial charge in [-0.05, 0) is 25.2 Å². The average Bonchev–Trinajstić information content (AvgIpc) is 2.88. The molecule has 1 saturated carbocycles. The van der Waals surface area contributed by atoms with Gasteiger partial charge in [0.15, 0.2) is 0 Å². The third kappa shape index (κ3) is 2.02. The van der Waals surface area contributed by atoms with Gasteiger partial charge in [-0.15, -0.1) is 0 Å². The minimum Gasteiger partial charge on any atom is -0.376 e. The lowest BCUT2D eigenvalue weighted by molar-refractivity contribution is -0.121. The first-order valence-electron chi connectivity index (χ1n) is 5.22. The Morgan fingerprint density at radius 3 is 2.85 bits per heavy atom. The number of rotatable bonds is 3. The second kappa shape index (κ2) is 3.66. The normalized spacial score (nSPS) is 33.3. The van der Waals surface area contributed by atoms with Crippen molar-refractivity contribution in [3.8, 4) is 0 Å². The van der Waals surface area contributed by atoms with E-state index in [9.17, 15) is 4.79 Å². The quantitative estimate of drug-likeness (QED) is 0.711. The lowest BCUT2D eigenvalue weighted by atomic mass is 10.1. The van der Waals surface area contributed by atoms with Gasteiger partial charge in [0.25, 0.3) is 0 Å². The Labute approximate surface area is 78.8 Å². The third-order valence-corrected chi connectivity index (χ3v) is 2.89. The summed E-state index contributed by atoms with van der Waals surface area (Å²) in [6.07, 6.45) is 4.45. The molecule has 0 spiro atoms. The predicted octanol–water partition coefficient (Wildman–Crippen LogP) is 1.08. The van der Waals surface area contributed by atoms with Crippen LogP contribution >= 0.6 is 0 Å². The number of nitrogens with one attached hydrogen (secondary N) is 1. The summed E-state index contributed by atoms with van der Waals surface area (Å²) < 4.78 is 5.62. The summed E-state index contributed by atoms with van der Waals surface area (Å²) in [7, 11) is 0. The molecule has 2 fully saturated rings. The van der Waals surface area contributed by atoms with E-state index in [2.05, 4.69) is 5.32 Å². The van der Waals surface area contributed by atoms with E-state index in [-0.39, 0.29) is 5.91 Å². The van der Waals surface area contributed by atoms with E-state index in [1.807, 2.05) is 6.92 Å². The van der Waals surface area contributed by atoms with Gasteiger partial charge in [-0.2, -0.15) is 0 Å². The Bertz CT molecular complexity index is 201. The zero-order valence-corrected chi connectivity index (χ0v) is 8.08. The smallest absolute Gasteiger partial charge is 0.220 e. The van der Waals surface area contributed by atoms with Crippen molar-refractivity contribution in [1.82, 2.24) is 5.32 Å². The fraction of sp³-hybridized carbons (Fsp3) is 0.900. The standard InChI is InChI=1S/C10H17NO2/c1-2-9(12)11-8-5-6-13-10(8)7-3-4-7/h7-8,10H,2-6H2,1H3,(H,11,12). The van der Waals surface area contributed by atoms with E-state index in [1.54, 1.807) is 0 Å². The Morgan fingerprint density at radius 2 is 2.23 bits per heavy atom. The van der Waals surface area contributed by atoms with E-state index in [4.69, 9.17) is 4.74 Å². The van der Waals surface area contributed by atoms with Crippen molar-refractivity contribution in [2.24, 2.45) is 5.92 Å². The van der Waals surface area contributed by atoms with Crippen LogP contribution in [-0.4, -0.2) is 24.7 Å². The molecular formula is C10H17NO2. The maximum atomic E-state index is 11.2. The van der Waals surface area contributed by atoms with E-state index < -0.39 is 0 Å². The molecule has 2 aliphatic rings. The first-order valence-corrected chi connectivity index (χ1v) is 5.22. The number of carbonyl (C=O) groups is 1. The Kier molecular flexibility index (Phi) is 2.54. The SMILES string of the molecule is CCC(=O)NC1CCOC1C1CC1. The lowest BCUT2D eigenvalue weighted by Gasteiger charge is -2.18. The molecule has 1 aliphatic carbocycles. The highest BCUT2D eigenvalue weighted by molar-refractivity contribution is 5.75. The molecule has 3 nitrogen and oxygen atoms in total. The fourth-order valence-electron chi connectivity index (χ4n) is 1.96. The minimum absolute atomic E-state index is 0.154. The molecule has 2 unspecified atom stereocenters. The van der Waals surface area contributed by atoms with Crippen molar-refractivity contribution in [3.05, 3.63) is 0 Å². The molecule has 0 bridgehead atoms. The van der Waals surface area contributed by atoms with E-state index in [0.717, 1.165) is 18.9 Å². The molecule has 1 aliphatic heterocycles. The molecule has 13 heavy (non-hydrogen) atoms. The topological polar surface area (TPSA) is 38.3 Å². The Balaban J connectivity index is 1.85. The van der Waals surface area contributed by atoms with Crippen molar-refractivity contribution in [3.63, 3.8) is 0 Å². The van der Waals surface area contributed by atoms with Crippen LogP contribution in [0.2, 0.25) is 0 Å². The molecule has 0 aromatic heterocycles. The first kappa shape index (κ1) is 9.00. The van der Waals surface area contributed by atoms with Crippen molar-refractivity contribution < 1.29 is 9.53 Å². The molecule has 0 aromatic rings. The predicted molar refractivity (Wildman–Crippen MR) is 49.3 cm³/mol. The summed E-state index contributed by atoms with van der Waals surface area (Å²) in [6, 6.07) is 0.292. The summed E-state index contributed by atoms with van der Waals surface area (Å²) >= 11 is 0. The van der Waals surface area contributed by atoms with Crippen LogP contribution in [0.1, 0.15) is 32.6 Å². The van der Waals surface area contributed by atoms with Crippen LogP contribution in [0.25, 0.3) is 0 Å². The van der Waals surface area contributed by atoms with Gasteiger partial charge in [-0.25, -0.2) is 0 Å². The number of ether oxygens (including phenoxy) is 1. The Morgan fingerprint density at radius 1 is 1.46 bits per heavy atom. The molecule has 2 rings (SSSR count). The van der Waals surface area contributed by atoms with Gasteiger partial charge < -0.3 is 10.1 Å². The highest BCUT2D eigenvalue weighted by Crippen LogP contribution is 2.38. The zero-order chi connectivity index (χ0) is 9.26. The molecule has 74 valence electrons. The van der Waals surface area contributed by atoms with Crippen molar-refractivity contribution >= 4 is 5.91 Å². The van der Waals surface area contributed by atoms with E-state index in [1.165, 1.54) is 12.8 Å². The molecule has 1 N–H and O–H groups in total. The zero-order valence-electron chi connectivity index (χ0n) is 8.08. The van der Waals surface area contributed by atoms with Gasteiger partial charge in [0.2, 0.25) is 5.91 Å². The highest BCUT2D eigenvalue weighted by atomic mass is 16.5. The first-order chi connectivity index (χ1) is 6.31. The van der Waals surface area contributed by atoms with Crippen molar-refractivity contribution in [2.45, 2.75) is 44.8 Å². The molecule has 3 heteroatoms. The molecule has 1 saturated heterocycles. The largest absolute Gasteiger partial charge is 0.376 e. The minimum atomic E-state index is 0.154. The molecule has 0 aromatic carbocycles. The van der Waals surface area contributed by atoms with Crippen LogP contribution in [0, 0.1) is 5.92 Å². The van der Waals surface area contributed by atoms with Crippen LogP contribution in [0.4, 0.5) is 0 Å². The summed E-state index contributed by atoms with van der Waals surface area (Å²) in [5.41, 5.74) is 0. The van der Waals surface area contributed by atoms with Gasteiger partial charge in [0, 0.05) is 13.0 Å². The highest BCUT2D eigenvalue weighted by Gasteiger charge is 2.40. The maximum absolute atomic E-state index is 11.2. The fourth-order valence-corrected chi connectivity index (χ4v) is 1.96. The van der Waals surface area contributed by atoms with Gasteiger partial charge in [0.05, 0.1) is 12.1 Å². The van der Waals surface area contributed by atoms with Crippen molar-refractivity contribution in [2.75, 3.05) is 6.61 Å². The molecule has 0 radical (unpaired) electrons. The molecule has 1 heterocycles. The van der Waals surface area contributed by atoms with Gasteiger partial charge in [-0.1, -0.05) is 6.92 Å². The van der Waals surface area contributed by atoms with Crippen LogP contribution in [0.15, 0.2) is 0 Å². The average molecular weight is 183 g/mol. The lowest BCUT2D eigenvalue weighted by Crippen LogP contribution is -2.41. The maximum Gasteiger partial charge on any atom is 0.220 e. The summed E-state index contributed by atoms with van der Waals surface area (Å²) in [6.45, 7) is 2.70. The van der Waals surface area contributed by atoms with Crippen molar-refractivity contribution in [1.29, 1.82) is 0 Å². The second-order valence-electron chi connectivity index (χ2n) is 3.99. The van der Waals surface area contributed by atoms with E-state index in [0.29, 0.717) is 18.6 Å². The monoisotopic (exact) mass is 183 g/mol. The molecule has 2 atom stereocenters. The van der Waals surface area contributed by atoms with Crippen LogP contribution in [0.5, 0.6) is 0 Å². The molecular weight excluding hydrogens is 166 g/mol. The summed E-state index contributed by atoms with van der Waals surface area (Å²) in [4.78, 5) is 11.2. The van der Waals surface area contributed by atoms with Gasteiger partial charge in [0.1, 0.15) is 0 Å². The second-order valence-corrected chi connectivity index (χ2v) is 3.99. The van der Waals surface area contributed by atoms with Crippen LogP contribution in [-0.2, 0) is 9.53 Å². The number of hydrogen-bond donors (Lipinski definition) is 1. The number of hydrogen-bond acceptors (Lipinski definition) is 2. The number of amides is 1.